The Hall–Kier alpha value is -2.62. The third-order valence-corrected chi connectivity index (χ3v) is 12.5. The van der Waals surface area contributed by atoms with Crippen molar-refractivity contribution in [2.24, 2.45) is 33.5 Å². The summed E-state index contributed by atoms with van der Waals surface area (Å²) >= 11 is 0. The molecule has 0 saturated heterocycles. The third-order valence-electron chi connectivity index (χ3n) is 12.5. The average molecular weight is 587 g/mol. The van der Waals surface area contributed by atoms with Gasteiger partial charge in [-0.25, -0.2) is 0 Å². The Morgan fingerprint density at radius 1 is 0.628 bits per heavy atom. The van der Waals surface area contributed by atoms with E-state index in [2.05, 4.69) is 74.5 Å². The van der Waals surface area contributed by atoms with Crippen molar-refractivity contribution in [1.82, 2.24) is 0 Å². The number of ether oxygens (including phenoxy) is 1. The summed E-state index contributed by atoms with van der Waals surface area (Å²) in [5.41, 5.74) is 2.99. The molecule has 4 unspecified atom stereocenters. The molecule has 0 aliphatic heterocycles. The van der Waals surface area contributed by atoms with Crippen LogP contribution in [0.5, 0.6) is 0 Å². The molecule has 8 atom stereocenters. The number of carbonyl (C=O) groups excluding carboxylic acids is 1. The molecule has 0 heterocycles. The molecule has 8 saturated carbocycles. The predicted molar refractivity (Wildman–Crippen MR) is 173 cm³/mol. The zero-order valence-corrected chi connectivity index (χ0v) is 25.1. The highest BCUT2D eigenvalue weighted by molar-refractivity contribution is 5.78. The first-order valence-corrected chi connectivity index (χ1v) is 15.9. The van der Waals surface area contributed by atoms with Crippen molar-refractivity contribution < 1.29 is 19.4 Å². The lowest BCUT2D eigenvalue weighted by Crippen LogP contribution is -2.60. The minimum absolute atomic E-state index is 0. The van der Waals surface area contributed by atoms with E-state index in [9.17, 15) is 14.7 Å². The Morgan fingerprint density at radius 3 is 1.47 bits per heavy atom. The SMILES string of the molecule is C.C.COC(=O)C12CC3C[C@](C)(C1)C[C@@](c1ccccc1)(C3)C2.C[C@@]12CC3CC(C(=O)O)(C1)C[C@](c1ccccc1)(C3)C2. The van der Waals surface area contributed by atoms with Gasteiger partial charge in [0, 0.05) is 0 Å². The molecular weight excluding hydrogens is 532 g/mol. The van der Waals surface area contributed by atoms with Crippen molar-refractivity contribution in [2.45, 2.75) is 117 Å². The van der Waals surface area contributed by atoms with E-state index in [1.165, 1.54) is 49.7 Å². The van der Waals surface area contributed by atoms with Crippen LogP contribution < -0.4 is 0 Å². The molecule has 0 amide bonds. The van der Waals surface area contributed by atoms with Crippen LogP contribution in [0, 0.1) is 33.5 Å². The quantitative estimate of drug-likeness (QED) is 0.363. The average Bonchev–Trinajstić information content (AvgIpc) is 2.91. The summed E-state index contributed by atoms with van der Waals surface area (Å²) in [5.74, 6) is 0.782. The standard InChI is InChI=1S/C19H24O2.C18H22O2.2CH4/c1-17-8-14-9-18(11-17,15-6-4-3-5-7-15)13-19(10-14,12-17)16(20)21-2;1-16-7-13-8-17(10-16,14-5-3-2-4-6-14)12-18(9-13,11-16)15(19)20;;/h3-7,14H,8-13H2,1-2H3;2-6,13H,7-12H2,1H3,(H,19,20);2*1H4/t14?,17-,18-,19?;13?,16-,17-,18?;;/m00../s1. The van der Waals surface area contributed by atoms with Gasteiger partial charge in [-0.05, 0) is 122 Å². The van der Waals surface area contributed by atoms with Gasteiger partial charge in [0.15, 0.2) is 0 Å². The van der Waals surface area contributed by atoms with Gasteiger partial charge < -0.3 is 9.84 Å². The molecule has 43 heavy (non-hydrogen) atoms. The van der Waals surface area contributed by atoms with Gasteiger partial charge in [0.05, 0.1) is 17.9 Å². The third kappa shape index (κ3) is 4.95. The van der Waals surface area contributed by atoms with E-state index in [0.29, 0.717) is 17.3 Å². The topological polar surface area (TPSA) is 63.6 Å². The Balaban J connectivity index is 0.000000164. The van der Waals surface area contributed by atoms with Crippen LogP contribution in [-0.4, -0.2) is 24.2 Å². The maximum Gasteiger partial charge on any atom is 0.311 e. The van der Waals surface area contributed by atoms with Crippen LogP contribution in [0.3, 0.4) is 0 Å². The van der Waals surface area contributed by atoms with Gasteiger partial charge in [-0.3, -0.25) is 9.59 Å². The van der Waals surface area contributed by atoms with Gasteiger partial charge in [-0.2, -0.15) is 0 Å². The number of hydrogen-bond donors (Lipinski definition) is 1. The van der Waals surface area contributed by atoms with E-state index in [1.807, 2.05) is 0 Å². The van der Waals surface area contributed by atoms with E-state index in [4.69, 9.17) is 4.74 Å². The Bertz CT molecular complexity index is 1360. The summed E-state index contributed by atoms with van der Waals surface area (Å²) in [7, 11) is 1.55. The van der Waals surface area contributed by atoms with E-state index in [-0.39, 0.29) is 42.5 Å². The molecule has 10 rings (SSSR count). The lowest BCUT2D eigenvalue weighted by molar-refractivity contribution is -0.180. The first-order chi connectivity index (χ1) is 19.4. The lowest BCUT2D eigenvalue weighted by Gasteiger charge is -2.65. The predicted octanol–water partition coefficient (Wildman–Crippen LogP) is 9.36. The molecule has 234 valence electrons. The van der Waals surface area contributed by atoms with E-state index >= 15 is 0 Å². The first-order valence-electron chi connectivity index (χ1n) is 15.9. The smallest absolute Gasteiger partial charge is 0.311 e. The van der Waals surface area contributed by atoms with Crippen LogP contribution in [0.1, 0.15) is 117 Å². The number of carboxylic acid groups (broad SMARTS) is 1. The minimum atomic E-state index is -0.548. The highest BCUT2D eigenvalue weighted by Crippen LogP contribution is 2.71. The molecule has 8 aliphatic rings. The fraction of sp³-hybridized carbons (Fsp3) is 0.641. The normalized spacial score (nSPS) is 42.6. The van der Waals surface area contributed by atoms with Crippen LogP contribution in [-0.2, 0) is 25.2 Å². The molecule has 2 aromatic rings. The maximum absolute atomic E-state index is 12.6. The number of carboxylic acids is 1. The molecule has 4 nitrogen and oxygen atoms in total. The molecular formula is C39H54O4. The van der Waals surface area contributed by atoms with Gasteiger partial charge in [-0.1, -0.05) is 89.4 Å². The zero-order chi connectivity index (χ0) is 28.7. The number of rotatable bonds is 4. The van der Waals surface area contributed by atoms with Gasteiger partial charge in [0.2, 0.25) is 0 Å². The monoisotopic (exact) mass is 586 g/mol. The summed E-state index contributed by atoms with van der Waals surface area (Å²) in [5, 5.41) is 9.85. The largest absolute Gasteiger partial charge is 0.481 e. The van der Waals surface area contributed by atoms with E-state index < -0.39 is 11.4 Å². The number of aliphatic carboxylic acids is 1. The molecule has 2 aromatic carbocycles. The van der Waals surface area contributed by atoms with E-state index in [0.717, 1.165) is 38.5 Å². The van der Waals surface area contributed by atoms with Gasteiger partial charge in [0.25, 0.3) is 0 Å². The number of benzene rings is 2. The second-order valence-corrected chi connectivity index (χ2v) is 16.3. The Labute approximate surface area is 260 Å². The van der Waals surface area contributed by atoms with Crippen molar-refractivity contribution in [3.63, 3.8) is 0 Å². The first kappa shape index (κ1) is 31.8. The van der Waals surface area contributed by atoms with Gasteiger partial charge in [0.1, 0.15) is 0 Å². The van der Waals surface area contributed by atoms with Crippen LogP contribution in [0.25, 0.3) is 0 Å². The molecule has 1 N–H and O–H groups in total. The summed E-state index contributed by atoms with van der Waals surface area (Å²) in [6, 6.07) is 21.6. The summed E-state index contributed by atoms with van der Waals surface area (Å²) < 4.78 is 5.22. The molecule has 4 heteroatoms. The number of hydrogen-bond acceptors (Lipinski definition) is 3. The number of methoxy groups -OCH3 is 1. The van der Waals surface area contributed by atoms with Crippen molar-refractivity contribution in [1.29, 1.82) is 0 Å². The van der Waals surface area contributed by atoms with E-state index in [1.54, 1.807) is 7.11 Å². The van der Waals surface area contributed by atoms with Crippen LogP contribution in [0.2, 0.25) is 0 Å². The molecule has 0 aromatic heterocycles. The minimum Gasteiger partial charge on any atom is -0.481 e. The fourth-order valence-electron chi connectivity index (χ4n) is 12.8. The van der Waals surface area contributed by atoms with Crippen molar-refractivity contribution in [3.05, 3.63) is 71.8 Å². The van der Waals surface area contributed by atoms with Crippen LogP contribution >= 0.6 is 0 Å². The Kier molecular flexibility index (Phi) is 7.75. The molecule has 8 fully saturated rings. The van der Waals surface area contributed by atoms with Gasteiger partial charge >= 0.3 is 11.9 Å². The summed E-state index contributed by atoms with van der Waals surface area (Å²) in [6.07, 6.45) is 13.1. The maximum atomic E-state index is 12.6. The molecule has 0 spiro atoms. The Morgan fingerprint density at radius 2 is 1.05 bits per heavy atom. The van der Waals surface area contributed by atoms with Crippen molar-refractivity contribution >= 4 is 11.9 Å². The molecule has 8 aliphatic carbocycles. The number of esters is 1. The van der Waals surface area contributed by atoms with Crippen molar-refractivity contribution in [2.75, 3.05) is 7.11 Å². The summed E-state index contributed by atoms with van der Waals surface area (Å²) in [4.78, 5) is 24.5. The van der Waals surface area contributed by atoms with Crippen LogP contribution in [0.4, 0.5) is 0 Å². The number of carbonyl (C=O) groups is 2. The van der Waals surface area contributed by atoms with Crippen molar-refractivity contribution in [3.8, 4) is 0 Å². The fourth-order valence-corrected chi connectivity index (χ4v) is 12.8. The second kappa shape index (κ2) is 10.5. The van der Waals surface area contributed by atoms with Gasteiger partial charge in [-0.15, -0.1) is 0 Å². The second-order valence-electron chi connectivity index (χ2n) is 16.3. The molecule has 8 bridgehead atoms. The summed E-state index contributed by atoms with van der Waals surface area (Å²) in [6.45, 7) is 4.72. The zero-order valence-electron chi connectivity index (χ0n) is 25.1. The highest BCUT2D eigenvalue weighted by atomic mass is 16.5. The highest BCUT2D eigenvalue weighted by Gasteiger charge is 2.66. The van der Waals surface area contributed by atoms with Crippen LogP contribution in [0.15, 0.2) is 60.7 Å². The lowest BCUT2D eigenvalue weighted by atomic mass is 9.39. The molecule has 0 radical (unpaired) electrons.